The minimum atomic E-state index is -4.46. The van der Waals surface area contributed by atoms with Gasteiger partial charge in [-0.2, -0.15) is 29.8 Å². The van der Waals surface area contributed by atoms with Gasteiger partial charge in [0.05, 0.1) is 21.8 Å². The number of nitrogens with zero attached hydrogens (tertiary/aromatic N) is 2. The molecule has 1 unspecified atom stereocenters. The second-order valence-electron chi connectivity index (χ2n) is 18.2. The van der Waals surface area contributed by atoms with Gasteiger partial charge in [-0.25, -0.2) is 0 Å². The highest BCUT2D eigenvalue weighted by molar-refractivity contribution is 8.07. The molecule has 3 aliphatic heterocycles. The number of anilines is 1. The van der Waals surface area contributed by atoms with Crippen molar-refractivity contribution in [1.29, 1.82) is 0 Å². The van der Waals surface area contributed by atoms with E-state index in [0.717, 1.165) is 54.0 Å². The van der Waals surface area contributed by atoms with Crippen LogP contribution in [-0.2, 0) is 41.2 Å². The second-order valence-corrected chi connectivity index (χ2v) is 24.9. The summed E-state index contributed by atoms with van der Waals surface area (Å²) < 4.78 is 102. The lowest BCUT2D eigenvalue weighted by atomic mass is 9.76. The molecule has 8 rings (SSSR count). The molecular formula is C48H55N2O9S5+. The van der Waals surface area contributed by atoms with Crippen molar-refractivity contribution in [1.82, 2.24) is 0 Å². The van der Waals surface area contributed by atoms with Crippen LogP contribution in [0.5, 0.6) is 0 Å². The summed E-state index contributed by atoms with van der Waals surface area (Å²) in [6.45, 7) is 9.57. The highest BCUT2D eigenvalue weighted by Crippen LogP contribution is 2.58. The van der Waals surface area contributed by atoms with Crippen LogP contribution >= 0.6 is 23.5 Å². The van der Waals surface area contributed by atoms with Crippen molar-refractivity contribution < 1.29 is 43.5 Å². The Morgan fingerprint density at radius 2 is 1.36 bits per heavy atom. The summed E-state index contributed by atoms with van der Waals surface area (Å²) in [5.74, 6) is -0.241. The van der Waals surface area contributed by atoms with E-state index in [0.29, 0.717) is 38.3 Å². The Hall–Kier alpha value is -3.74. The average Bonchev–Trinajstić information content (AvgIpc) is 3.46. The van der Waals surface area contributed by atoms with Gasteiger partial charge in [0, 0.05) is 67.1 Å². The van der Waals surface area contributed by atoms with Gasteiger partial charge in [-0.3, -0.25) is 13.7 Å². The largest absolute Gasteiger partial charge is 0.344 e. The molecular weight excluding hydrogens is 909 g/mol. The molecule has 0 spiro atoms. The zero-order valence-corrected chi connectivity index (χ0v) is 40.5. The number of fused-ring (bicyclic) bond motifs is 3. The third-order valence-electron chi connectivity index (χ3n) is 13.2. The lowest BCUT2D eigenvalue weighted by Crippen LogP contribution is -2.28. The third kappa shape index (κ3) is 9.57. The summed E-state index contributed by atoms with van der Waals surface area (Å²) in [7, 11) is -12.6. The maximum atomic E-state index is 12.3. The van der Waals surface area contributed by atoms with E-state index >= 15 is 0 Å². The lowest BCUT2D eigenvalue weighted by molar-refractivity contribution is -0.438. The van der Waals surface area contributed by atoms with Gasteiger partial charge >= 0.3 is 0 Å². The first-order chi connectivity index (χ1) is 30.1. The Morgan fingerprint density at radius 1 is 0.719 bits per heavy atom. The van der Waals surface area contributed by atoms with Crippen molar-refractivity contribution in [3.63, 3.8) is 0 Å². The molecule has 3 aromatic carbocycles. The molecule has 0 radical (unpaired) electrons. The molecule has 64 heavy (non-hydrogen) atoms. The molecule has 0 bridgehead atoms. The number of unbranched alkanes of at least 4 members (excludes halogenated alkanes) is 2. The zero-order valence-electron chi connectivity index (χ0n) is 36.4. The van der Waals surface area contributed by atoms with Crippen LogP contribution in [0.25, 0.3) is 0 Å². The van der Waals surface area contributed by atoms with E-state index in [4.69, 9.17) is 0 Å². The van der Waals surface area contributed by atoms with Gasteiger partial charge in [0.25, 0.3) is 30.4 Å². The standard InChI is InChI=1S/C48H54N2O9S5/c1-47(2)36-13-5-6-14-38(36)49(27-9-11-29-62(51,52)53)42(47)25-21-33-19-17-32-18-20-34(46-44(32)45(33)60-40-15-7-8-16-41(40)61-46)22-26-43-48(3,4)37-31-35(64(57,58)59)23-24-39(37)50(43)28-10-12-30-63(54,55)56/h5-8,13-16,21-26,31-32H,9-12,17-20,27-30H2,1-4H3,(H2-,51,52,53,54,55,56,57,58,59)/p+1. The molecule has 0 amide bonds. The van der Waals surface area contributed by atoms with Crippen molar-refractivity contribution in [2.24, 2.45) is 5.92 Å². The van der Waals surface area contributed by atoms with Gasteiger partial charge in [0.1, 0.15) is 6.54 Å². The van der Waals surface area contributed by atoms with Crippen LogP contribution in [0.2, 0.25) is 0 Å². The SMILES string of the molecule is CC1(C)C(/C=C/C2=C3Sc4ccccc4SC4=C3C(CC2)CC/C4=C\C=C2\N(CCCCS(=O)(=O)O)c3ccc(S(=O)(=O)O)cc3C2(C)C)=[N+](CCCCS(=O)(=O)O)c2ccccc21. The van der Waals surface area contributed by atoms with Crippen molar-refractivity contribution in [2.45, 2.75) is 105 Å². The maximum Gasteiger partial charge on any atom is 0.294 e. The van der Waals surface area contributed by atoms with Crippen LogP contribution in [-0.4, -0.2) is 73.8 Å². The molecule has 2 aliphatic carbocycles. The fraction of sp³-hybridized carbons (Fsp3) is 0.396. The van der Waals surface area contributed by atoms with Gasteiger partial charge in [0.2, 0.25) is 5.69 Å². The summed E-state index contributed by atoms with van der Waals surface area (Å²) in [4.78, 5) is 6.82. The highest BCUT2D eigenvalue weighted by atomic mass is 32.2. The lowest BCUT2D eigenvalue weighted by Gasteiger charge is -2.34. The predicted octanol–water partition coefficient (Wildman–Crippen LogP) is 10.4. The van der Waals surface area contributed by atoms with Gasteiger partial charge < -0.3 is 4.90 Å². The Labute approximate surface area is 386 Å². The molecule has 5 aliphatic rings. The van der Waals surface area contributed by atoms with Crippen molar-refractivity contribution in [3.05, 3.63) is 134 Å². The molecule has 16 heteroatoms. The highest BCUT2D eigenvalue weighted by Gasteiger charge is 2.45. The van der Waals surface area contributed by atoms with E-state index in [9.17, 15) is 38.9 Å². The Bertz CT molecular complexity index is 2940. The number of rotatable bonds is 14. The molecule has 3 heterocycles. The maximum absolute atomic E-state index is 12.3. The normalized spacial score (nSPS) is 21.7. The second kappa shape index (κ2) is 17.8. The first kappa shape index (κ1) is 46.8. The average molecular weight is 964 g/mol. The Kier molecular flexibility index (Phi) is 13.0. The van der Waals surface area contributed by atoms with Crippen LogP contribution < -0.4 is 4.90 Å². The number of hydrogen-bond acceptors (Lipinski definition) is 9. The van der Waals surface area contributed by atoms with Gasteiger partial charge in [-0.1, -0.05) is 79.9 Å². The van der Waals surface area contributed by atoms with Gasteiger partial charge in [0.15, 0.2) is 5.71 Å². The van der Waals surface area contributed by atoms with Crippen LogP contribution in [0, 0.1) is 5.92 Å². The summed E-state index contributed by atoms with van der Waals surface area (Å²) in [6.07, 6.45) is 14.4. The summed E-state index contributed by atoms with van der Waals surface area (Å²) in [6, 6.07) is 21.5. The molecule has 0 fully saturated rings. The fourth-order valence-corrected chi connectivity index (χ4v) is 14.3. The summed E-state index contributed by atoms with van der Waals surface area (Å²) in [5, 5.41) is 0. The van der Waals surface area contributed by atoms with E-state index < -0.39 is 35.8 Å². The van der Waals surface area contributed by atoms with Crippen molar-refractivity contribution in [3.8, 4) is 0 Å². The number of thioether (sulfide) groups is 2. The number of benzene rings is 3. The minimum absolute atomic E-state index is 0.189. The van der Waals surface area contributed by atoms with Crippen LogP contribution in [0.1, 0.15) is 90.2 Å². The first-order valence-corrected chi connectivity index (χ1v) is 28.0. The number of hydrogen-bond donors (Lipinski definition) is 3. The van der Waals surface area contributed by atoms with E-state index in [2.05, 4.69) is 90.1 Å². The molecule has 11 nitrogen and oxygen atoms in total. The Morgan fingerprint density at radius 3 is 2.05 bits per heavy atom. The minimum Gasteiger partial charge on any atom is -0.344 e. The van der Waals surface area contributed by atoms with E-state index in [1.165, 1.54) is 54.0 Å². The van der Waals surface area contributed by atoms with Gasteiger partial charge in [-0.15, -0.1) is 0 Å². The van der Waals surface area contributed by atoms with Crippen LogP contribution in [0.3, 0.4) is 0 Å². The molecule has 340 valence electrons. The third-order valence-corrected chi connectivity index (χ3v) is 18.3. The fourth-order valence-electron chi connectivity index (χ4n) is 9.94. The zero-order chi connectivity index (χ0) is 45.8. The quantitative estimate of drug-likeness (QED) is 0.0795. The van der Waals surface area contributed by atoms with Crippen LogP contribution in [0.4, 0.5) is 11.4 Å². The van der Waals surface area contributed by atoms with E-state index in [-0.39, 0.29) is 28.2 Å². The smallest absolute Gasteiger partial charge is 0.294 e. The molecule has 0 aromatic heterocycles. The number of para-hydroxylation sites is 1. The van der Waals surface area contributed by atoms with E-state index in [1.54, 1.807) is 6.07 Å². The van der Waals surface area contributed by atoms with Crippen molar-refractivity contribution in [2.75, 3.05) is 29.5 Å². The summed E-state index contributed by atoms with van der Waals surface area (Å²) in [5.41, 5.74) is 8.76. The summed E-state index contributed by atoms with van der Waals surface area (Å²) >= 11 is 3.65. The molecule has 0 saturated carbocycles. The topological polar surface area (TPSA) is 169 Å². The Balaban J connectivity index is 1.21. The van der Waals surface area contributed by atoms with Gasteiger partial charge in [-0.05, 0) is 123 Å². The predicted molar refractivity (Wildman–Crippen MR) is 257 cm³/mol. The molecule has 1 atom stereocenters. The molecule has 3 aromatic rings. The van der Waals surface area contributed by atoms with Crippen LogP contribution in [0.15, 0.2) is 138 Å². The molecule has 0 saturated heterocycles. The monoisotopic (exact) mass is 963 g/mol. The van der Waals surface area contributed by atoms with E-state index in [1.807, 2.05) is 43.4 Å². The first-order valence-electron chi connectivity index (χ1n) is 21.7. The molecule has 3 N–H and O–H groups in total. The number of allylic oxidation sites excluding steroid dienone is 8. The van der Waals surface area contributed by atoms with Crippen molar-refractivity contribution >= 4 is 71.0 Å².